The van der Waals surface area contributed by atoms with E-state index in [1.165, 1.54) is 5.56 Å². The molecule has 5 nitrogen and oxygen atoms in total. The maximum Gasteiger partial charge on any atom is 0.179 e. The van der Waals surface area contributed by atoms with Gasteiger partial charge in [0.25, 0.3) is 0 Å². The molecule has 2 aromatic carbocycles. The summed E-state index contributed by atoms with van der Waals surface area (Å²) in [4.78, 5) is 0. The standard InChI is InChI=1S/C18H20ClN3O2/c1-3-24-18-15(19)7-12(8-16(18)23-2)9-20-10-13-5-4-6-14-11-21-22-17(13)14/h4-8,11,20H,3,9-10H2,1-2H3,(H,21,22). The van der Waals surface area contributed by atoms with Crippen molar-refractivity contribution >= 4 is 22.5 Å². The van der Waals surface area contributed by atoms with Crippen LogP contribution in [0.25, 0.3) is 10.9 Å². The van der Waals surface area contributed by atoms with E-state index < -0.39 is 0 Å². The molecule has 1 aromatic heterocycles. The van der Waals surface area contributed by atoms with Crippen LogP contribution < -0.4 is 14.8 Å². The Morgan fingerprint density at radius 1 is 1.25 bits per heavy atom. The van der Waals surface area contributed by atoms with E-state index in [1.54, 1.807) is 7.11 Å². The van der Waals surface area contributed by atoms with Crippen molar-refractivity contribution in [1.29, 1.82) is 0 Å². The number of H-pyrrole nitrogens is 1. The molecule has 0 unspecified atom stereocenters. The summed E-state index contributed by atoms with van der Waals surface area (Å²) in [6.45, 7) is 3.86. The fourth-order valence-electron chi connectivity index (χ4n) is 2.68. The van der Waals surface area contributed by atoms with E-state index in [4.69, 9.17) is 21.1 Å². The zero-order chi connectivity index (χ0) is 16.9. The van der Waals surface area contributed by atoms with Crippen LogP contribution in [0.3, 0.4) is 0 Å². The first-order valence-electron chi connectivity index (χ1n) is 7.83. The third kappa shape index (κ3) is 3.47. The van der Waals surface area contributed by atoms with Crippen LogP contribution in [-0.2, 0) is 13.1 Å². The van der Waals surface area contributed by atoms with E-state index in [0.717, 1.165) is 23.0 Å². The van der Waals surface area contributed by atoms with E-state index >= 15 is 0 Å². The molecule has 6 heteroatoms. The Hall–Kier alpha value is -2.24. The van der Waals surface area contributed by atoms with Gasteiger partial charge in [0.15, 0.2) is 11.5 Å². The van der Waals surface area contributed by atoms with Gasteiger partial charge in [-0.25, -0.2) is 0 Å². The summed E-state index contributed by atoms with van der Waals surface area (Å²) >= 11 is 6.31. The highest BCUT2D eigenvalue weighted by atomic mass is 35.5. The van der Waals surface area contributed by atoms with Gasteiger partial charge in [0.05, 0.1) is 30.5 Å². The third-order valence-electron chi connectivity index (χ3n) is 3.79. The van der Waals surface area contributed by atoms with Gasteiger partial charge in [-0.1, -0.05) is 29.8 Å². The van der Waals surface area contributed by atoms with Crippen molar-refractivity contribution in [3.8, 4) is 11.5 Å². The number of nitrogens with zero attached hydrogens (tertiary/aromatic N) is 1. The van der Waals surface area contributed by atoms with Gasteiger partial charge < -0.3 is 14.8 Å². The first-order valence-corrected chi connectivity index (χ1v) is 8.21. The Morgan fingerprint density at radius 2 is 2.12 bits per heavy atom. The van der Waals surface area contributed by atoms with Crippen molar-refractivity contribution in [3.05, 3.63) is 52.7 Å². The van der Waals surface area contributed by atoms with Crippen molar-refractivity contribution in [2.24, 2.45) is 0 Å². The van der Waals surface area contributed by atoms with Crippen LogP contribution in [0.15, 0.2) is 36.5 Å². The van der Waals surface area contributed by atoms with Crippen LogP contribution >= 0.6 is 11.6 Å². The second-order valence-corrected chi connectivity index (χ2v) is 5.80. The zero-order valence-electron chi connectivity index (χ0n) is 13.7. The Kier molecular flexibility index (Phi) is 5.23. The number of hydrogen-bond acceptors (Lipinski definition) is 4. The highest BCUT2D eigenvalue weighted by Crippen LogP contribution is 2.36. The van der Waals surface area contributed by atoms with E-state index in [9.17, 15) is 0 Å². The fourth-order valence-corrected chi connectivity index (χ4v) is 2.97. The number of ether oxygens (including phenoxy) is 2. The molecule has 3 aromatic rings. The molecule has 2 N–H and O–H groups in total. The molecule has 0 saturated carbocycles. The molecule has 0 saturated heterocycles. The minimum absolute atomic E-state index is 0.544. The highest BCUT2D eigenvalue weighted by molar-refractivity contribution is 6.32. The van der Waals surface area contributed by atoms with E-state index in [-0.39, 0.29) is 0 Å². The van der Waals surface area contributed by atoms with Gasteiger partial charge >= 0.3 is 0 Å². The zero-order valence-corrected chi connectivity index (χ0v) is 14.5. The topological polar surface area (TPSA) is 59.2 Å². The number of para-hydroxylation sites is 1. The number of fused-ring (bicyclic) bond motifs is 1. The monoisotopic (exact) mass is 345 g/mol. The molecule has 0 amide bonds. The van der Waals surface area contributed by atoms with Crippen LogP contribution in [-0.4, -0.2) is 23.9 Å². The summed E-state index contributed by atoms with van der Waals surface area (Å²) in [6, 6.07) is 10.0. The van der Waals surface area contributed by atoms with Gasteiger partial charge in [-0.2, -0.15) is 5.10 Å². The molecule has 0 spiro atoms. The molecule has 1 heterocycles. The fraction of sp³-hybridized carbons (Fsp3) is 0.278. The molecule has 0 atom stereocenters. The van der Waals surface area contributed by atoms with Crippen molar-refractivity contribution < 1.29 is 9.47 Å². The lowest BCUT2D eigenvalue weighted by atomic mass is 10.1. The maximum absolute atomic E-state index is 6.31. The summed E-state index contributed by atoms with van der Waals surface area (Å²) in [6.07, 6.45) is 1.83. The van der Waals surface area contributed by atoms with Gasteiger partial charge in [-0.15, -0.1) is 0 Å². The Labute approximate surface area is 145 Å². The minimum Gasteiger partial charge on any atom is -0.493 e. The average Bonchev–Trinajstić information content (AvgIpc) is 3.06. The van der Waals surface area contributed by atoms with Crippen molar-refractivity contribution in [2.75, 3.05) is 13.7 Å². The number of aromatic amines is 1. The molecular formula is C18H20ClN3O2. The minimum atomic E-state index is 0.544. The molecule has 0 bridgehead atoms. The lowest BCUT2D eigenvalue weighted by molar-refractivity contribution is 0.311. The highest BCUT2D eigenvalue weighted by Gasteiger charge is 2.11. The Bertz CT molecular complexity index is 832. The summed E-state index contributed by atoms with van der Waals surface area (Å²) in [5.74, 6) is 1.24. The molecule has 3 rings (SSSR count). The molecule has 0 aliphatic carbocycles. The van der Waals surface area contributed by atoms with Gasteiger partial charge in [0, 0.05) is 18.5 Å². The maximum atomic E-state index is 6.31. The molecule has 126 valence electrons. The smallest absolute Gasteiger partial charge is 0.179 e. The van der Waals surface area contributed by atoms with E-state index in [1.807, 2.05) is 37.4 Å². The first kappa shape index (κ1) is 16.6. The molecule has 0 aliphatic heterocycles. The number of hydrogen-bond donors (Lipinski definition) is 2. The average molecular weight is 346 g/mol. The summed E-state index contributed by atoms with van der Waals surface area (Å²) in [7, 11) is 1.62. The second kappa shape index (κ2) is 7.55. The number of aromatic nitrogens is 2. The Balaban J connectivity index is 1.70. The normalized spacial score (nSPS) is 11.0. The van der Waals surface area contributed by atoms with E-state index in [2.05, 4.69) is 21.6 Å². The van der Waals surface area contributed by atoms with Crippen LogP contribution in [0.4, 0.5) is 0 Å². The predicted octanol–water partition coefficient (Wildman–Crippen LogP) is 3.91. The second-order valence-electron chi connectivity index (χ2n) is 5.40. The van der Waals surface area contributed by atoms with Crippen LogP contribution in [0.5, 0.6) is 11.5 Å². The van der Waals surface area contributed by atoms with Crippen molar-refractivity contribution in [1.82, 2.24) is 15.5 Å². The van der Waals surface area contributed by atoms with Gasteiger partial charge in [0.2, 0.25) is 0 Å². The SMILES string of the molecule is CCOc1c(Cl)cc(CNCc2cccc3cn[nH]c23)cc1OC. The lowest BCUT2D eigenvalue weighted by Gasteiger charge is -2.13. The molecule has 0 fully saturated rings. The van der Waals surface area contributed by atoms with Gasteiger partial charge in [-0.3, -0.25) is 5.10 Å². The predicted molar refractivity (Wildman–Crippen MR) is 95.8 cm³/mol. The van der Waals surface area contributed by atoms with Gasteiger partial charge in [-0.05, 0) is 30.2 Å². The van der Waals surface area contributed by atoms with Crippen molar-refractivity contribution in [2.45, 2.75) is 20.0 Å². The number of halogens is 1. The number of rotatable bonds is 7. The number of benzene rings is 2. The largest absolute Gasteiger partial charge is 0.493 e. The number of nitrogens with one attached hydrogen (secondary N) is 2. The number of methoxy groups -OCH3 is 1. The van der Waals surface area contributed by atoms with Crippen molar-refractivity contribution in [3.63, 3.8) is 0 Å². The molecule has 0 radical (unpaired) electrons. The molecule has 24 heavy (non-hydrogen) atoms. The molecular weight excluding hydrogens is 326 g/mol. The quantitative estimate of drug-likeness (QED) is 0.681. The van der Waals surface area contributed by atoms with Crippen LogP contribution in [0.1, 0.15) is 18.1 Å². The lowest BCUT2D eigenvalue weighted by Crippen LogP contribution is -2.13. The molecule has 0 aliphatic rings. The summed E-state index contributed by atoms with van der Waals surface area (Å²) < 4.78 is 10.9. The van der Waals surface area contributed by atoms with Crippen LogP contribution in [0.2, 0.25) is 5.02 Å². The third-order valence-corrected chi connectivity index (χ3v) is 4.07. The first-order chi connectivity index (χ1) is 11.7. The Morgan fingerprint density at radius 3 is 2.92 bits per heavy atom. The van der Waals surface area contributed by atoms with Gasteiger partial charge in [0.1, 0.15) is 0 Å². The van der Waals surface area contributed by atoms with Crippen LogP contribution in [0, 0.1) is 0 Å². The van der Waals surface area contributed by atoms with E-state index in [0.29, 0.717) is 29.7 Å². The summed E-state index contributed by atoms with van der Waals surface area (Å²) in [5.41, 5.74) is 3.28. The summed E-state index contributed by atoms with van der Waals surface area (Å²) in [5, 5.41) is 12.2.